The number of carbonyl (C=O) groups excluding carboxylic acids is 1. The Morgan fingerprint density at radius 2 is 2.00 bits per heavy atom. The molecular weight excluding hydrogens is 325 g/mol. The van der Waals surface area contributed by atoms with Gasteiger partial charge in [-0.25, -0.2) is 5.06 Å². The summed E-state index contributed by atoms with van der Waals surface area (Å²) in [5.41, 5.74) is 4.99. The number of anilines is 1. The maximum Gasteiger partial charge on any atom is 0.437 e. The molecule has 0 saturated carbocycles. The Balaban J connectivity index is 1.71. The van der Waals surface area contributed by atoms with E-state index in [9.17, 15) is 18.0 Å². The SMILES string of the molecule is Nc1cn(Cc2ccc(C(=O)N3CCCO3)cc2)nc1C(F)(F)F. The zero-order chi connectivity index (χ0) is 17.3. The van der Waals surface area contributed by atoms with E-state index in [1.807, 2.05) is 0 Å². The number of nitrogens with zero attached hydrogens (tertiary/aromatic N) is 3. The van der Waals surface area contributed by atoms with Gasteiger partial charge in [0, 0.05) is 11.8 Å². The van der Waals surface area contributed by atoms with Crippen molar-refractivity contribution in [2.75, 3.05) is 18.9 Å². The normalized spacial score (nSPS) is 15.0. The molecule has 128 valence electrons. The van der Waals surface area contributed by atoms with Crippen molar-refractivity contribution in [2.45, 2.75) is 19.1 Å². The molecule has 1 fully saturated rings. The highest BCUT2D eigenvalue weighted by Crippen LogP contribution is 2.32. The number of nitrogens with two attached hydrogens (primary N) is 1. The van der Waals surface area contributed by atoms with E-state index in [1.165, 1.54) is 5.06 Å². The van der Waals surface area contributed by atoms with Gasteiger partial charge in [0.05, 0.1) is 25.4 Å². The molecule has 1 aromatic carbocycles. The van der Waals surface area contributed by atoms with E-state index >= 15 is 0 Å². The Morgan fingerprint density at radius 1 is 1.29 bits per heavy atom. The molecule has 1 aliphatic heterocycles. The van der Waals surface area contributed by atoms with Gasteiger partial charge in [-0.1, -0.05) is 12.1 Å². The smallest absolute Gasteiger partial charge is 0.396 e. The highest BCUT2D eigenvalue weighted by atomic mass is 19.4. The van der Waals surface area contributed by atoms with Crippen molar-refractivity contribution >= 4 is 11.6 Å². The molecule has 1 saturated heterocycles. The molecule has 1 amide bonds. The maximum absolute atomic E-state index is 12.7. The van der Waals surface area contributed by atoms with Gasteiger partial charge in [-0.05, 0) is 24.1 Å². The average Bonchev–Trinajstić information content (AvgIpc) is 3.16. The Morgan fingerprint density at radius 3 is 2.54 bits per heavy atom. The van der Waals surface area contributed by atoms with Crippen molar-refractivity contribution in [1.82, 2.24) is 14.8 Å². The highest BCUT2D eigenvalue weighted by Gasteiger charge is 2.36. The second kappa shape index (κ2) is 6.16. The van der Waals surface area contributed by atoms with Crippen LogP contribution in [-0.4, -0.2) is 33.9 Å². The first-order chi connectivity index (χ1) is 11.3. The van der Waals surface area contributed by atoms with E-state index in [1.54, 1.807) is 24.3 Å². The number of aromatic nitrogens is 2. The van der Waals surface area contributed by atoms with E-state index in [0.29, 0.717) is 24.3 Å². The third-order valence-electron chi connectivity index (χ3n) is 3.58. The first kappa shape index (κ1) is 16.3. The average molecular weight is 340 g/mol. The Labute approximate surface area is 135 Å². The van der Waals surface area contributed by atoms with Crippen LogP contribution in [0.3, 0.4) is 0 Å². The maximum atomic E-state index is 12.7. The molecule has 0 spiro atoms. The Bertz CT molecular complexity index is 734. The predicted octanol–water partition coefficient (Wildman–Crippen LogP) is 2.31. The van der Waals surface area contributed by atoms with Gasteiger partial charge in [-0.3, -0.25) is 14.3 Å². The largest absolute Gasteiger partial charge is 0.437 e. The lowest BCUT2D eigenvalue weighted by Crippen LogP contribution is -2.26. The van der Waals surface area contributed by atoms with Crippen LogP contribution in [0.1, 0.15) is 28.0 Å². The van der Waals surface area contributed by atoms with Crippen molar-refractivity contribution in [3.05, 3.63) is 47.3 Å². The van der Waals surface area contributed by atoms with Crippen LogP contribution in [0.5, 0.6) is 0 Å². The molecule has 24 heavy (non-hydrogen) atoms. The van der Waals surface area contributed by atoms with Crippen LogP contribution in [0.15, 0.2) is 30.5 Å². The summed E-state index contributed by atoms with van der Waals surface area (Å²) in [6, 6.07) is 6.54. The summed E-state index contributed by atoms with van der Waals surface area (Å²) < 4.78 is 39.2. The molecule has 0 atom stereocenters. The number of nitrogen functional groups attached to an aromatic ring is 1. The number of hydroxylamine groups is 2. The molecule has 6 nitrogen and oxygen atoms in total. The number of carbonyl (C=O) groups is 1. The number of alkyl halides is 3. The van der Waals surface area contributed by atoms with Crippen LogP contribution in [0.2, 0.25) is 0 Å². The van der Waals surface area contributed by atoms with Gasteiger partial charge in [0.2, 0.25) is 0 Å². The third-order valence-corrected chi connectivity index (χ3v) is 3.58. The first-order valence-corrected chi connectivity index (χ1v) is 7.28. The summed E-state index contributed by atoms with van der Waals surface area (Å²) in [6.45, 7) is 1.19. The van der Waals surface area contributed by atoms with Gasteiger partial charge in [0.15, 0.2) is 5.69 Å². The summed E-state index contributed by atoms with van der Waals surface area (Å²) in [4.78, 5) is 17.3. The summed E-state index contributed by atoms with van der Waals surface area (Å²) in [5.74, 6) is -0.234. The van der Waals surface area contributed by atoms with Gasteiger partial charge < -0.3 is 5.73 Å². The van der Waals surface area contributed by atoms with Crippen LogP contribution in [0.25, 0.3) is 0 Å². The second-order valence-corrected chi connectivity index (χ2v) is 5.42. The van der Waals surface area contributed by atoms with Crippen molar-refractivity contribution in [3.63, 3.8) is 0 Å². The summed E-state index contributed by atoms with van der Waals surface area (Å²) in [6.07, 6.45) is -2.65. The van der Waals surface area contributed by atoms with Crippen molar-refractivity contribution in [3.8, 4) is 0 Å². The lowest BCUT2D eigenvalue weighted by molar-refractivity contribution is -0.140. The highest BCUT2D eigenvalue weighted by molar-refractivity contribution is 5.93. The van der Waals surface area contributed by atoms with Crippen LogP contribution in [0, 0.1) is 0 Å². The van der Waals surface area contributed by atoms with Gasteiger partial charge in [-0.15, -0.1) is 0 Å². The summed E-state index contributed by atoms with van der Waals surface area (Å²) in [5, 5.41) is 4.77. The zero-order valence-electron chi connectivity index (χ0n) is 12.6. The second-order valence-electron chi connectivity index (χ2n) is 5.42. The first-order valence-electron chi connectivity index (χ1n) is 7.28. The quantitative estimate of drug-likeness (QED) is 0.931. The van der Waals surface area contributed by atoms with E-state index in [0.717, 1.165) is 17.3 Å². The molecule has 1 aromatic heterocycles. The van der Waals surface area contributed by atoms with Crippen LogP contribution < -0.4 is 5.73 Å². The van der Waals surface area contributed by atoms with Gasteiger partial charge in [0.25, 0.3) is 5.91 Å². The lowest BCUT2D eigenvalue weighted by atomic mass is 10.1. The fourth-order valence-electron chi connectivity index (χ4n) is 2.43. The molecule has 0 radical (unpaired) electrons. The van der Waals surface area contributed by atoms with Crippen LogP contribution in [0.4, 0.5) is 18.9 Å². The zero-order valence-corrected chi connectivity index (χ0v) is 12.6. The molecule has 9 heteroatoms. The van der Waals surface area contributed by atoms with Crippen molar-refractivity contribution < 1.29 is 22.8 Å². The number of halogens is 3. The molecule has 1 aliphatic rings. The molecule has 0 aliphatic carbocycles. The fourth-order valence-corrected chi connectivity index (χ4v) is 2.43. The van der Waals surface area contributed by atoms with Gasteiger partial charge in [-0.2, -0.15) is 18.3 Å². The number of hydrogen-bond donors (Lipinski definition) is 1. The third kappa shape index (κ3) is 3.35. The lowest BCUT2D eigenvalue weighted by Gasteiger charge is -2.13. The predicted molar refractivity (Wildman–Crippen MR) is 78.8 cm³/mol. The van der Waals surface area contributed by atoms with E-state index in [2.05, 4.69) is 5.10 Å². The fraction of sp³-hybridized carbons (Fsp3) is 0.333. The molecule has 0 unspecified atom stereocenters. The Kier molecular flexibility index (Phi) is 4.18. The standard InChI is InChI=1S/C15H15F3N4O2/c16-15(17,18)13-12(19)9-21(20-13)8-10-2-4-11(5-3-10)14(23)22-6-1-7-24-22/h2-5,9H,1,6-8,19H2. The molecule has 2 aromatic rings. The minimum Gasteiger partial charge on any atom is -0.396 e. The van der Waals surface area contributed by atoms with Gasteiger partial charge >= 0.3 is 6.18 Å². The van der Waals surface area contributed by atoms with E-state index in [-0.39, 0.29) is 12.5 Å². The van der Waals surface area contributed by atoms with Crippen molar-refractivity contribution in [2.24, 2.45) is 0 Å². The minimum absolute atomic E-state index is 0.120. The summed E-state index contributed by atoms with van der Waals surface area (Å²) in [7, 11) is 0. The monoisotopic (exact) mass is 340 g/mol. The topological polar surface area (TPSA) is 73.4 Å². The number of rotatable bonds is 3. The van der Waals surface area contributed by atoms with E-state index in [4.69, 9.17) is 10.6 Å². The molecule has 2 heterocycles. The number of amides is 1. The van der Waals surface area contributed by atoms with Crippen LogP contribution in [-0.2, 0) is 17.6 Å². The van der Waals surface area contributed by atoms with Crippen molar-refractivity contribution in [1.29, 1.82) is 0 Å². The van der Waals surface area contributed by atoms with Gasteiger partial charge in [0.1, 0.15) is 0 Å². The van der Waals surface area contributed by atoms with Crippen LogP contribution >= 0.6 is 0 Å². The molecule has 0 bridgehead atoms. The Hall–Kier alpha value is -2.55. The molecule has 2 N–H and O–H groups in total. The molecule has 3 rings (SSSR count). The molecular formula is C15H15F3N4O2. The minimum atomic E-state index is -4.58. The summed E-state index contributed by atoms with van der Waals surface area (Å²) >= 11 is 0. The van der Waals surface area contributed by atoms with E-state index < -0.39 is 17.6 Å². The number of benzene rings is 1. The number of hydrogen-bond acceptors (Lipinski definition) is 4.